The van der Waals surface area contributed by atoms with Crippen molar-refractivity contribution < 1.29 is 14.4 Å². The van der Waals surface area contributed by atoms with Crippen LogP contribution in [0.15, 0.2) is 4.52 Å². The van der Waals surface area contributed by atoms with Crippen LogP contribution < -0.4 is 0 Å². The van der Waals surface area contributed by atoms with Gasteiger partial charge in [0.2, 0.25) is 5.89 Å². The van der Waals surface area contributed by atoms with Crippen molar-refractivity contribution in [3.05, 3.63) is 11.7 Å². The lowest BCUT2D eigenvalue weighted by Gasteiger charge is -2.27. The number of aromatic nitrogens is 2. The van der Waals surface area contributed by atoms with Crippen LogP contribution in [0.4, 0.5) is 0 Å². The molecule has 94 valence electrons. The van der Waals surface area contributed by atoms with E-state index in [1.54, 1.807) is 0 Å². The Kier molecular flexibility index (Phi) is 3.42. The Morgan fingerprint density at radius 2 is 2.41 bits per heavy atom. The summed E-state index contributed by atoms with van der Waals surface area (Å²) in [5.74, 6) is -0.985. The molecule has 0 radical (unpaired) electrons. The van der Waals surface area contributed by atoms with Gasteiger partial charge in [0.1, 0.15) is 0 Å². The summed E-state index contributed by atoms with van der Waals surface area (Å²) in [5, 5.41) is 12.1. The maximum atomic E-state index is 10.6. The molecule has 1 aliphatic heterocycles. The highest BCUT2D eigenvalue weighted by molar-refractivity contribution is 5.82. The Labute approximate surface area is 99.6 Å². The molecule has 1 saturated heterocycles. The summed E-state index contributed by atoms with van der Waals surface area (Å²) in [5.41, 5.74) is 0. The second-order valence-electron chi connectivity index (χ2n) is 4.65. The highest BCUT2D eigenvalue weighted by Gasteiger charge is 2.28. The first-order valence-corrected chi connectivity index (χ1v) is 5.89. The van der Waals surface area contributed by atoms with Crippen molar-refractivity contribution in [1.29, 1.82) is 0 Å². The van der Waals surface area contributed by atoms with E-state index in [0.29, 0.717) is 24.4 Å². The van der Waals surface area contributed by atoms with E-state index < -0.39 is 5.97 Å². The summed E-state index contributed by atoms with van der Waals surface area (Å²) in [6.45, 7) is 5.41. The molecule has 0 bridgehead atoms. The van der Waals surface area contributed by atoms with Crippen LogP contribution >= 0.6 is 0 Å². The minimum absolute atomic E-state index is 0.255. The molecule has 1 aliphatic rings. The summed E-state index contributed by atoms with van der Waals surface area (Å²) < 4.78 is 4.95. The lowest BCUT2D eigenvalue weighted by atomic mass is 10.1. The molecule has 2 rings (SSSR count). The van der Waals surface area contributed by atoms with E-state index in [1.165, 1.54) is 6.42 Å². The molecule has 17 heavy (non-hydrogen) atoms. The van der Waals surface area contributed by atoms with Crippen LogP contribution in [-0.4, -0.2) is 44.7 Å². The highest BCUT2D eigenvalue weighted by Crippen LogP contribution is 2.22. The first-order valence-electron chi connectivity index (χ1n) is 5.89. The summed E-state index contributed by atoms with van der Waals surface area (Å²) in [6, 6.07) is 0.876. The number of likely N-dealkylation sites (tertiary alicyclic amines) is 1. The lowest BCUT2D eigenvalue weighted by molar-refractivity contribution is 0.0680. The van der Waals surface area contributed by atoms with Crippen molar-refractivity contribution in [2.45, 2.75) is 45.2 Å². The predicted molar refractivity (Wildman–Crippen MR) is 59.8 cm³/mol. The number of rotatable bonds is 4. The smallest absolute Gasteiger partial charge is 0.377 e. The van der Waals surface area contributed by atoms with Gasteiger partial charge >= 0.3 is 5.97 Å². The second-order valence-corrected chi connectivity index (χ2v) is 4.65. The van der Waals surface area contributed by atoms with Gasteiger partial charge in [0.05, 0.1) is 0 Å². The fraction of sp³-hybridized carbons (Fsp3) is 0.727. The zero-order valence-electron chi connectivity index (χ0n) is 10.1. The average Bonchev–Trinajstić information content (AvgIpc) is 2.86. The molecule has 0 spiro atoms. The van der Waals surface area contributed by atoms with Crippen molar-refractivity contribution in [3.8, 4) is 0 Å². The van der Waals surface area contributed by atoms with E-state index in [-0.39, 0.29) is 5.82 Å². The van der Waals surface area contributed by atoms with E-state index in [4.69, 9.17) is 9.63 Å². The van der Waals surface area contributed by atoms with Crippen molar-refractivity contribution >= 4 is 5.97 Å². The van der Waals surface area contributed by atoms with E-state index in [9.17, 15) is 4.79 Å². The largest absolute Gasteiger partial charge is 0.475 e. The van der Waals surface area contributed by atoms with Crippen LogP contribution in [0.3, 0.4) is 0 Å². The maximum absolute atomic E-state index is 10.6. The Balaban J connectivity index is 2.02. The van der Waals surface area contributed by atoms with Gasteiger partial charge in [-0.05, 0) is 38.4 Å². The van der Waals surface area contributed by atoms with E-state index >= 15 is 0 Å². The van der Waals surface area contributed by atoms with Crippen LogP contribution in [0, 0.1) is 0 Å². The maximum Gasteiger partial charge on any atom is 0.377 e. The lowest BCUT2D eigenvalue weighted by Crippen LogP contribution is -2.36. The molecule has 6 heteroatoms. The fourth-order valence-electron chi connectivity index (χ4n) is 2.38. The van der Waals surface area contributed by atoms with Crippen molar-refractivity contribution in [2.24, 2.45) is 0 Å². The molecule has 0 aliphatic carbocycles. The second kappa shape index (κ2) is 4.83. The van der Waals surface area contributed by atoms with Gasteiger partial charge in [0.25, 0.3) is 5.82 Å². The predicted octanol–water partition coefficient (Wildman–Crippen LogP) is 1.18. The summed E-state index contributed by atoms with van der Waals surface area (Å²) in [4.78, 5) is 16.9. The third-order valence-corrected chi connectivity index (χ3v) is 3.16. The Hall–Kier alpha value is -1.43. The normalized spacial score (nSPS) is 21.2. The standard InChI is InChI=1S/C11H17N3O3/c1-7(2)14-5-3-4-8(14)6-9-12-10(11(15)16)13-17-9/h7-8H,3-6H2,1-2H3,(H,15,16). The Bertz CT molecular complexity index is 402. The average molecular weight is 239 g/mol. The fourth-order valence-corrected chi connectivity index (χ4v) is 2.38. The number of carboxylic acids is 1. The van der Waals surface area contributed by atoms with Crippen LogP contribution in [0.2, 0.25) is 0 Å². The SMILES string of the molecule is CC(C)N1CCCC1Cc1nc(C(=O)O)no1. The molecule has 1 atom stereocenters. The first-order chi connectivity index (χ1) is 8.08. The van der Waals surface area contributed by atoms with Gasteiger partial charge in [-0.1, -0.05) is 0 Å². The molecule has 1 unspecified atom stereocenters. The zero-order chi connectivity index (χ0) is 12.4. The van der Waals surface area contributed by atoms with Gasteiger partial charge in [0.15, 0.2) is 0 Å². The highest BCUT2D eigenvalue weighted by atomic mass is 16.5. The number of hydrogen-bond donors (Lipinski definition) is 1. The van der Waals surface area contributed by atoms with Gasteiger partial charge < -0.3 is 9.63 Å². The summed E-state index contributed by atoms with van der Waals surface area (Å²) >= 11 is 0. The van der Waals surface area contributed by atoms with E-state index in [2.05, 4.69) is 28.9 Å². The minimum Gasteiger partial charge on any atom is -0.475 e. The number of aromatic carboxylic acids is 1. The molecule has 0 aromatic carbocycles. The molecule has 1 aromatic heterocycles. The molecular weight excluding hydrogens is 222 g/mol. The third-order valence-electron chi connectivity index (χ3n) is 3.16. The van der Waals surface area contributed by atoms with Crippen LogP contribution in [0.1, 0.15) is 43.2 Å². The summed E-state index contributed by atoms with van der Waals surface area (Å²) in [7, 11) is 0. The van der Waals surface area contributed by atoms with Gasteiger partial charge in [-0.15, -0.1) is 0 Å². The first kappa shape index (κ1) is 12.0. The van der Waals surface area contributed by atoms with Gasteiger partial charge in [-0.25, -0.2) is 4.79 Å². The van der Waals surface area contributed by atoms with Crippen molar-refractivity contribution in [1.82, 2.24) is 15.0 Å². The molecule has 2 heterocycles. The number of nitrogens with zero attached hydrogens (tertiary/aromatic N) is 3. The van der Waals surface area contributed by atoms with Gasteiger partial charge in [0, 0.05) is 18.5 Å². The molecule has 0 amide bonds. The van der Waals surface area contributed by atoms with Crippen LogP contribution in [0.5, 0.6) is 0 Å². The number of hydrogen-bond acceptors (Lipinski definition) is 5. The Morgan fingerprint density at radius 3 is 3.00 bits per heavy atom. The molecule has 1 aromatic rings. The Morgan fingerprint density at radius 1 is 1.65 bits per heavy atom. The molecular formula is C11H17N3O3. The van der Waals surface area contributed by atoms with E-state index in [1.807, 2.05) is 0 Å². The third kappa shape index (κ3) is 2.63. The minimum atomic E-state index is -1.15. The monoisotopic (exact) mass is 239 g/mol. The van der Waals surface area contributed by atoms with E-state index in [0.717, 1.165) is 13.0 Å². The number of carbonyl (C=O) groups is 1. The van der Waals surface area contributed by atoms with Crippen molar-refractivity contribution in [2.75, 3.05) is 6.54 Å². The summed E-state index contributed by atoms with van der Waals surface area (Å²) in [6.07, 6.45) is 2.91. The molecule has 1 N–H and O–H groups in total. The molecule has 1 fully saturated rings. The van der Waals surface area contributed by atoms with Gasteiger partial charge in [-0.3, -0.25) is 4.90 Å². The van der Waals surface area contributed by atoms with Crippen molar-refractivity contribution in [3.63, 3.8) is 0 Å². The number of carboxylic acid groups (broad SMARTS) is 1. The van der Waals surface area contributed by atoms with Crippen LogP contribution in [0.25, 0.3) is 0 Å². The zero-order valence-corrected chi connectivity index (χ0v) is 10.1. The quantitative estimate of drug-likeness (QED) is 0.850. The van der Waals surface area contributed by atoms with Gasteiger partial charge in [-0.2, -0.15) is 4.98 Å². The topological polar surface area (TPSA) is 79.5 Å². The van der Waals surface area contributed by atoms with Crippen LogP contribution in [-0.2, 0) is 6.42 Å². The molecule has 0 saturated carbocycles. The molecule has 6 nitrogen and oxygen atoms in total.